The molecule has 0 saturated heterocycles. The summed E-state index contributed by atoms with van der Waals surface area (Å²) in [5, 5.41) is 0. The largest absolute Gasteiger partial charge is 0.314 e. The highest BCUT2D eigenvalue weighted by Gasteiger charge is 2.30. The second-order valence-corrected chi connectivity index (χ2v) is 5.89. The molecule has 1 atom stereocenters. The summed E-state index contributed by atoms with van der Waals surface area (Å²) >= 11 is 0. The Kier molecular flexibility index (Phi) is 4.63. The van der Waals surface area contributed by atoms with Crippen LogP contribution in [0.3, 0.4) is 0 Å². The quantitative estimate of drug-likeness (QED) is 0.928. The zero-order chi connectivity index (χ0) is 18.0. The first-order valence-electron chi connectivity index (χ1n) is 8.01. The number of benzodiazepines with no additional fused rings is 1. The standard InChI is InChI=1S/C19H20N4O2/c1-13-15-10-6-7-11-16(15)23(19(25)18(20)21-13)12-17(24)22(2)14-8-4-3-5-9-14/h3-11,18H,12,20H2,1-2H3. The second kappa shape index (κ2) is 6.86. The fourth-order valence-electron chi connectivity index (χ4n) is 2.83. The van der Waals surface area contributed by atoms with Gasteiger partial charge in [0, 0.05) is 24.0 Å². The Labute approximate surface area is 146 Å². The van der Waals surface area contributed by atoms with Gasteiger partial charge in [0.15, 0.2) is 6.17 Å². The van der Waals surface area contributed by atoms with Crippen molar-refractivity contribution >= 4 is 28.9 Å². The molecule has 3 rings (SSSR count). The van der Waals surface area contributed by atoms with E-state index in [1.165, 1.54) is 9.80 Å². The molecular formula is C19H20N4O2. The molecule has 0 bridgehead atoms. The molecule has 1 heterocycles. The minimum absolute atomic E-state index is 0.0995. The van der Waals surface area contributed by atoms with Gasteiger partial charge in [-0.2, -0.15) is 0 Å². The van der Waals surface area contributed by atoms with Crippen LogP contribution in [0.1, 0.15) is 12.5 Å². The number of para-hydroxylation sites is 2. The molecule has 2 N–H and O–H groups in total. The van der Waals surface area contributed by atoms with E-state index < -0.39 is 6.17 Å². The lowest BCUT2D eigenvalue weighted by atomic mass is 10.1. The Morgan fingerprint density at radius 3 is 2.52 bits per heavy atom. The zero-order valence-corrected chi connectivity index (χ0v) is 14.2. The van der Waals surface area contributed by atoms with Gasteiger partial charge in [0.05, 0.1) is 5.69 Å². The van der Waals surface area contributed by atoms with Crippen molar-refractivity contribution in [1.82, 2.24) is 0 Å². The van der Waals surface area contributed by atoms with Gasteiger partial charge in [-0.25, -0.2) is 0 Å². The average molecular weight is 336 g/mol. The zero-order valence-electron chi connectivity index (χ0n) is 14.2. The number of hydrogen-bond acceptors (Lipinski definition) is 4. The fraction of sp³-hybridized carbons (Fsp3) is 0.211. The van der Waals surface area contributed by atoms with Crippen LogP contribution in [0.15, 0.2) is 59.6 Å². The van der Waals surface area contributed by atoms with Crippen LogP contribution < -0.4 is 15.5 Å². The number of hydrogen-bond donors (Lipinski definition) is 1. The number of likely N-dealkylation sites (N-methyl/N-ethyl adjacent to an activating group) is 1. The van der Waals surface area contributed by atoms with Crippen LogP contribution in [0.2, 0.25) is 0 Å². The summed E-state index contributed by atoms with van der Waals surface area (Å²) in [6.45, 7) is 1.71. The minimum Gasteiger partial charge on any atom is -0.314 e. The summed E-state index contributed by atoms with van der Waals surface area (Å²) in [7, 11) is 1.69. The van der Waals surface area contributed by atoms with Crippen LogP contribution in [0, 0.1) is 0 Å². The lowest BCUT2D eigenvalue weighted by Crippen LogP contribution is -2.47. The maximum atomic E-state index is 12.7. The number of anilines is 2. The molecule has 0 aromatic heterocycles. The molecule has 0 saturated carbocycles. The third-order valence-electron chi connectivity index (χ3n) is 4.25. The molecular weight excluding hydrogens is 316 g/mol. The fourth-order valence-corrected chi connectivity index (χ4v) is 2.83. The highest BCUT2D eigenvalue weighted by atomic mass is 16.2. The second-order valence-electron chi connectivity index (χ2n) is 5.89. The van der Waals surface area contributed by atoms with Gasteiger partial charge >= 0.3 is 0 Å². The van der Waals surface area contributed by atoms with Gasteiger partial charge < -0.3 is 10.6 Å². The van der Waals surface area contributed by atoms with Crippen LogP contribution in [-0.2, 0) is 9.59 Å². The molecule has 0 radical (unpaired) electrons. The van der Waals surface area contributed by atoms with Gasteiger partial charge in [-0.15, -0.1) is 0 Å². The van der Waals surface area contributed by atoms with E-state index in [-0.39, 0.29) is 18.4 Å². The van der Waals surface area contributed by atoms with Gasteiger partial charge in [-0.05, 0) is 25.1 Å². The first-order valence-corrected chi connectivity index (χ1v) is 8.01. The molecule has 1 aliphatic rings. The summed E-state index contributed by atoms with van der Waals surface area (Å²) in [4.78, 5) is 32.6. The Morgan fingerprint density at radius 1 is 1.16 bits per heavy atom. The maximum Gasteiger partial charge on any atom is 0.266 e. The Morgan fingerprint density at radius 2 is 1.80 bits per heavy atom. The van der Waals surface area contributed by atoms with Crippen molar-refractivity contribution in [2.45, 2.75) is 13.1 Å². The predicted molar refractivity (Wildman–Crippen MR) is 98.8 cm³/mol. The van der Waals surface area contributed by atoms with Crippen molar-refractivity contribution in [2.24, 2.45) is 10.7 Å². The van der Waals surface area contributed by atoms with E-state index in [9.17, 15) is 9.59 Å². The number of nitrogens with two attached hydrogens (primary N) is 1. The van der Waals surface area contributed by atoms with E-state index in [1.807, 2.05) is 55.5 Å². The van der Waals surface area contributed by atoms with E-state index in [1.54, 1.807) is 13.1 Å². The number of nitrogens with zero attached hydrogens (tertiary/aromatic N) is 3. The van der Waals surface area contributed by atoms with Gasteiger partial charge in [-0.3, -0.25) is 19.5 Å². The molecule has 1 unspecified atom stereocenters. The third-order valence-corrected chi connectivity index (χ3v) is 4.25. The smallest absolute Gasteiger partial charge is 0.266 e. The maximum absolute atomic E-state index is 12.7. The topological polar surface area (TPSA) is 79.0 Å². The lowest BCUT2D eigenvalue weighted by molar-refractivity contribution is -0.123. The predicted octanol–water partition coefficient (Wildman–Crippen LogP) is 1.79. The van der Waals surface area contributed by atoms with Crippen LogP contribution in [-0.4, -0.2) is 37.3 Å². The molecule has 2 amide bonds. The summed E-state index contributed by atoms with van der Waals surface area (Å²) in [6, 6.07) is 16.7. The van der Waals surface area contributed by atoms with E-state index >= 15 is 0 Å². The third kappa shape index (κ3) is 3.29. The SMILES string of the molecule is CC1=NC(N)C(=O)N(CC(=O)N(C)c2ccccc2)c2ccccc21. The molecule has 128 valence electrons. The molecule has 1 aliphatic heterocycles. The van der Waals surface area contributed by atoms with E-state index in [0.717, 1.165) is 11.3 Å². The van der Waals surface area contributed by atoms with Crippen molar-refractivity contribution < 1.29 is 9.59 Å². The van der Waals surface area contributed by atoms with Crippen molar-refractivity contribution in [2.75, 3.05) is 23.4 Å². The van der Waals surface area contributed by atoms with Crippen LogP contribution >= 0.6 is 0 Å². The number of carbonyl (C=O) groups is 2. The first-order chi connectivity index (χ1) is 12.0. The van der Waals surface area contributed by atoms with Crippen molar-refractivity contribution in [3.05, 3.63) is 60.2 Å². The lowest BCUT2D eigenvalue weighted by Gasteiger charge is -2.26. The number of fused-ring (bicyclic) bond motifs is 1. The van der Waals surface area contributed by atoms with Crippen LogP contribution in [0.4, 0.5) is 11.4 Å². The molecule has 0 spiro atoms. The summed E-state index contributed by atoms with van der Waals surface area (Å²) in [5.41, 5.74) is 8.80. The van der Waals surface area contributed by atoms with E-state index in [2.05, 4.69) is 4.99 Å². The number of aliphatic imine (C=N–C) groups is 1. The summed E-state index contributed by atoms with van der Waals surface area (Å²) in [6.07, 6.45) is -1.01. The van der Waals surface area contributed by atoms with Crippen molar-refractivity contribution in [3.8, 4) is 0 Å². The molecule has 0 fully saturated rings. The van der Waals surface area contributed by atoms with Gasteiger partial charge in [-0.1, -0.05) is 36.4 Å². The van der Waals surface area contributed by atoms with Gasteiger partial charge in [0.2, 0.25) is 5.91 Å². The highest BCUT2D eigenvalue weighted by molar-refractivity contribution is 6.13. The number of carbonyl (C=O) groups excluding carboxylic acids is 2. The molecule has 0 aliphatic carbocycles. The van der Waals surface area contributed by atoms with Crippen LogP contribution in [0.25, 0.3) is 0 Å². The summed E-state index contributed by atoms with van der Waals surface area (Å²) in [5.74, 6) is -0.597. The van der Waals surface area contributed by atoms with Crippen molar-refractivity contribution in [1.29, 1.82) is 0 Å². The Balaban J connectivity index is 1.92. The molecule has 6 heteroatoms. The molecule has 2 aromatic carbocycles. The van der Waals surface area contributed by atoms with Gasteiger partial charge in [0.25, 0.3) is 5.91 Å². The van der Waals surface area contributed by atoms with Crippen molar-refractivity contribution in [3.63, 3.8) is 0 Å². The first kappa shape index (κ1) is 16.9. The number of rotatable bonds is 3. The monoisotopic (exact) mass is 336 g/mol. The Hall–Kier alpha value is -2.99. The molecule has 2 aromatic rings. The number of benzene rings is 2. The highest BCUT2D eigenvalue weighted by Crippen LogP contribution is 2.25. The Bertz CT molecular complexity index is 832. The number of amides is 2. The summed E-state index contributed by atoms with van der Waals surface area (Å²) < 4.78 is 0. The van der Waals surface area contributed by atoms with Gasteiger partial charge in [0.1, 0.15) is 6.54 Å². The minimum atomic E-state index is -1.01. The molecule has 6 nitrogen and oxygen atoms in total. The molecule has 25 heavy (non-hydrogen) atoms. The normalized spacial score (nSPS) is 16.8. The average Bonchev–Trinajstić information content (AvgIpc) is 2.72. The van der Waals surface area contributed by atoms with E-state index in [4.69, 9.17) is 5.73 Å². The van der Waals surface area contributed by atoms with E-state index in [0.29, 0.717) is 11.4 Å². The van der Waals surface area contributed by atoms with Crippen LogP contribution in [0.5, 0.6) is 0 Å².